The Bertz CT molecular complexity index is 849. The summed E-state index contributed by atoms with van der Waals surface area (Å²) in [5.41, 5.74) is 2.68. The number of aryl methyl sites for hydroxylation is 1. The normalized spacial score (nSPS) is 17.3. The second-order valence-corrected chi connectivity index (χ2v) is 6.81. The Balaban J connectivity index is 1.49. The predicted molar refractivity (Wildman–Crippen MR) is 95.2 cm³/mol. The van der Waals surface area contributed by atoms with E-state index in [1.165, 1.54) is 11.1 Å². The molecule has 1 aliphatic rings. The summed E-state index contributed by atoms with van der Waals surface area (Å²) in [5.74, 6) is 0.957. The maximum atomic E-state index is 11.0. The molecule has 0 aliphatic carbocycles. The van der Waals surface area contributed by atoms with Crippen LogP contribution in [0.25, 0.3) is 11.0 Å². The average Bonchev–Trinajstić information content (AvgIpc) is 3.04. The molecular formula is C19H22N4O. The second-order valence-electron chi connectivity index (χ2n) is 6.81. The van der Waals surface area contributed by atoms with Crippen LogP contribution in [0.2, 0.25) is 0 Å². The zero-order valence-corrected chi connectivity index (χ0v) is 13.9. The topological polar surface area (TPSA) is 65.0 Å². The van der Waals surface area contributed by atoms with Gasteiger partial charge < -0.3 is 15.0 Å². The number of rotatable bonds is 3. The highest BCUT2D eigenvalue weighted by Crippen LogP contribution is 2.31. The molecular weight excluding hydrogens is 300 g/mol. The smallest absolute Gasteiger partial charge is 0.142 e. The SMILES string of the molecule is Cc1cccc(CC2(O)CCN(c3ncnc4[nH]ccc34)CC2)c1. The summed E-state index contributed by atoms with van der Waals surface area (Å²) in [6.07, 6.45) is 5.70. The van der Waals surface area contributed by atoms with E-state index in [0.717, 1.165) is 42.8 Å². The molecule has 0 unspecified atom stereocenters. The monoisotopic (exact) mass is 322 g/mol. The Labute approximate surface area is 141 Å². The van der Waals surface area contributed by atoms with Crippen molar-refractivity contribution < 1.29 is 5.11 Å². The molecule has 1 saturated heterocycles. The van der Waals surface area contributed by atoms with Gasteiger partial charge in [0.05, 0.1) is 11.0 Å². The van der Waals surface area contributed by atoms with Gasteiger partial charge in [0, 0.05) is 25.7 Å². The molecule has 3 aromatic rings. The summed E-state index contributed by atoms with van der Waals surface area (Å²) >= 11 is 0. The van der Waals surface area contributed by atoms with Crippen LogP contribution in [-0.4, -0.2) is 38.7 Å². The van der Waals surface area contributed by atoms with Crippen molar-refractivity contribution in [1.29, 1.82) is 0 Å². The molecule has 0 bridgehead atoms. The van der Waals surface area contributed by atoms with Gasteiger partial charge in [0.15, 0.2) is 0 Å². The number of H-pyrrole nitrogens is 1. The molecule has 24 heavy (non-hydrogen) atoms. The van der Waals surface area contributed by atoms with E-state index in [4.69, 9.17) is 0 Å². The van der Waals surface area contributed by atoms with Gasteiger partial charge in [-0.1, -0.05) is 29.8 Å². The molecule has 0 amide bonds. The first-order chi connectivity index (χ1) is 11.6. The third-order valence-electron chi connectivity index (χ3n) is 4.94. The molecule has 0 spiro atoms. The zero-order valence-electron chi connectivity index (χ0n) is 13.9. The number of nitrogens with zero attached hydrogens (tertiary/aromatic N) is 3. The first-order valence-electron chi connectivity index (χ1n) is 8.44. The van der Waals surface area contributed by atoms with Gasteiger partial charge in [-0.05, 0) is 31.4 Å². The number of hydrogen-bond acceptors (Lipinski definition) is 4. The van der Waals surface area contributed by atoms with E-state index in [9.17, 15) is 5.11 Å². The van der Waals surface area contributed by atoms with Crippen LogP contribution in [0.3, 0.4) is 0 Å². The van der Waals surface area contributed by atoms with Crippen molar-refractivity contribution in [2.24, 2.45) is 0 Å². The summed E-state index contributed by atoms with van der Waals surface area (Å²) in [6.45, 7) is 3.70. The molecule has 5 heteroatoms. The van der Waals surface area contributed by atoms with Crippen LogP contribution in [0.15, 0.2) is 42.9 Å². The molecule has 2 aromatic heterocycles. The number of benzene rings is 1. The number of fused-ring (bicyclic) bond motifs is 1. The predicted octanol–water partition coefficient (Wildman–Crippen LogP) is 2.84. The van der Waals surface area contributed by atoms with Crippen LogP contribution in [0.4, 0.5) is 5.82 Å². The van der Waals surface area contributed by atoms with E-state index in [0.29, 0.717) is 6.42 Å². The highest BCUT2D eigenvalue weighted by Gasteiger charge is 2.33. The molecule has 4 rings (SSSR count). The van der Waals surface area contributed by atoms with Crippen LogP contribution < -0.4 is 4.90 Å². The molecule has 1 fully saturated rings. The lowest BCUT2D eigenvalue weighted by Crippen LogP contribution is -2.46. The van der Waals surface area contributed by atoms with E-state index in [-0.39, 0.29) is 0 Å². The average molecular weight is 322 g/mol. The Kier molecular flexibility index (Phi) is 3.73. The highest BCUT2D eigenvalue weighted by atomic mass is 16.3. The van der Waals surface area contributed by atoms with Crippen molar-refractivity contribution in [2.75, 3.05) is 18.0 Å². The maximum Gasteiger partial charge on any atom is 0.142 e. The second kappa shape index (κ2) is 5.91. The molecule has 0 radical (unpaired) electrons. The lowest BCUT2D eigenvalue weighted by atomic mass is 9.85. The Morgan fingerprint density at radius 1 is 1.21 bits per heavy atom. The third-order valence-corrected chi connectivity index (χ3v) is 4.94. The zero-order chi connectivity index (χ0) is 16.6. The van der Waals surface area contributed by atoms with Crippen LogP contribution in [0.1, 0.15) is 24.0 Å². The van der Waals surface area contributed by atoms with Gasteiger partial charge in [-0.15, -0.1) is 0 Å². The fourth-order valence-electron chi connectivity index (χ4n) is 3.62. The molecule has 0 saturated carbocycles. The number of nitrogens with one attached hydrogen (secondary N) is 1. The lowest BCUT2D eigenvalue weighted by Gasteiger charge is -2.39. The summed E-state index contributed by atoms with van der Waals surface area (Å²) in [6, 6.07) is 10.4. The number of hydrogen-bond donors (Lipinski definition) is 2. The van der Waals surface area contributed by atoms with Crippen molar-refractivity contribution in [3.8, 4) is 0 Å². The molecule has 1 aliphatic heterocycles. The van der Waals surface area contributed by atoms with Crippen molar-refractivity contribution >= 4 is 16.9 Å². The standard InChI is InChI=1S/C19H22N4O/c1-14-3-2-4-15(11-14)12-19(24)6-9-23(10-7-19)18-16-5-8-20-17(16)21-13-22-18/h2-5,8,11,13,24H,6-7,9-10,12H2,1H3,(H,20,21,22). The van der Waals surface area contributed by atoms with Gasteiger partial charge in [0.25, 0.3) is 0 Å². The number of aromatic nitrogens is 3. The van der Waals surface area contributed by atoms with E-state index in [1.807, 2.05) is 12.3 Å². The highest BCUT2D eigenvalue weighted by molar-refractivity contribution is 5.87. The van der Waals surface area contributed by atoms with Gasteiger partial charge in [-0.3, -0.25) is 0 Å². The molecule has 124 valence electrons. The largest absolute Gasteiger partial charge is 0.389 e. The molecule has 1 aromatic carbocycles. The van der Waals surface area contributed by atoms with Crippen LogP contribution in [0.5, 0.6) is 0 Å². The van der Waals surface area contributed by atoms with Crippen molar-refractivity contribution in [1.82, 2.24) is 15.0 Å². The molecule has 0 atom stereocenters. The van der Waals surface area contributed by atoms with Crippen LogP contribution in [-0.2, 0) is 6.42 Å². The van der Waals surface area contributed by atoms with E-state index in [1.54, 1.807) is 6.33 Å². The van der Waals surface area contributed by atoms with Crippen LogP contribution >= 0.6 is 0 Å². The third kappa shape index (κ3) is 2.87. The first-order valence-corrected chi connectivity index (χ1v) is 8.44. The van der Waals surface area contributed by atoms with Crippen LogP contribution in [0, 0.1) is 6.92 Å². The van der Waals surface area contributed by atoms with E-state index in [2.05, 4.69) is 51.0 Å². The van der Waals surface area contributed by atoms with Gasteiger partial charge in [-0.25, -0.2) is 9.97 Å². The Morgan fingerprint density at radius 2 is 2.04 bits per heavy atom. The maximum absolute atomic E-state index is 11.0. The van der Waals surface area contributed by atoms with Crippen molar-refractivity contribution in [3.63, 3.8) is 0 Å². The summed E-state index contributed by atoms with van der Waals surface area (Å²) in [5, 5.41) is 12.0. The van der Waals surface area contributed by atoms with Gasteiger partial charge in [-0.2, -0.15) is 0 Å². The molecule has 5 nitrogen and oxygen atoms in total. The minimum atomic E-state index is -0.630. The van der Waals surface area contributed by atoms with Gasteiger partial charge in [0.2, 0.25) is 0 Å². The number of aliphatic hydroxyl groups is 1. The van der Waals surface area contributed by atoms with Crippen molar-refractivity contribution in [2.45, 2.75) is 31.8 Å². The quantitative estimate of drug-likeness (QED) is 0.778. The van der Waals surface area contributed by atoms with E-state index < -0.39 is 5.60 Å². The number of aromatic amines is 1. The minimum absolute atomic E-state index is 0.630. The number of anilines is 1. The molecule has 3 heterocycles. The fourth-order valence-corrected chi connectivity index (χ4v) is 3.62. The number of piperidine rings is 1. The Hall–Kier alpha value is -2.40. The molecule has 2 N–H and O–H groups in total. The summed E-state index contributed by atoms with van der Waals surface area (Å²) in [4.78, 5) is 14.1. The Morgan fingerprint density at radius 3 is 2.83 bits per heavy atom. The van der Waals surface area contributed by atoms with Gasteiger partial charge >= 0.3 is 0 Å². The lowest BCUT2D eigenvalue weighted by molar-refractivity contribution is 0.0164. The van der Waals surface area contributed by atoms with Crippen molar-refractivity contribution in [3.05, 3.63) is 54.0 Å². The van der Waals surface area contributed by atoms with E-state index >= 15 is 0 Å². The summed E-state index contributed by atoms with van der Waals surface area (Å²) in [7, 11) is 0. The fraction of sp³-hybridized carbons (Fsp3) is 0.368. The summed E-state index contributed by atoms with van der Waals surface area (Å²) < 4.78 is 0. The van der Waals surface area contributed by atoms with Gasteiger partial charge in [0.1, 0.15) is 17.8 Å². The minimum Gasteiger partial charge on any atom is -0.389 e. The first kappa shape index (κ1) is 15.1.